The molecule has 1 aromatic carbocycles. The number of nitrogens with zero attached hydrogens (tertiary/aromatic N) is 1. The molecule has 148 valence electrons. The Morgan fingerprint density at radius 3 is 2.56 bits per heavy atom. The molecule has 1 N–H and O–H groups in total. The Labute approximate surface area is 153 Å². The fourth-order valence-electron chi connectivity index (χ4n) is 3.81. The lowest BCUT2D eigenvalue weighted by molar-refractivity contribution is -0.145. The van der Waals surface area contributed by atoms with Crippen molar-refractivity contribution in [3.05, 3.63) is 29.6 Å². The van der Waals surface area contributed by atoms with E-state index in [0.717, 1.165) is 18.2 Å². The average Bonchev–Trinajstić information content (AvgIpc) is 3.11. The summed E-state index contributed by atoms with van der Waals surface area (Å²) in [6.45, 7) is -2.09. The number of piperidine rings is 1. The largest absolute Gasteiger partial charge is 0.481 e. The number of hydrogen-bond donors (Lipinski definition) is 1. The molecule has 2 fully saturated rings. The molecule has 0 radical (unpaired) electrons. The lowest BCUT2D eigenvalue weighted by Crippen LogP contribution is -2.43. The Morgan fingerprint density at radius 2 is 1.93 bits per heavy atom. The van der Waals surface area contributed by atoms with Crippen LogP contribution in [0, 0.1) is 17.7 Å². The fourth-order valence-corrected chi connectivity index (χ4v) is 3.81. The molecule has 1 aromatic rings. The van der Waals surface area contributed by atoms with E-state index in [2.05, 4.69) is 4.74 Å². The monoisotopic (exact) mass is 387 g/mol. The maximum atomic E-state index is 13.3. The van der Waals surface area contributed by atoms with Gasteiger partial charge in [0.15, 0.2) is 0 Å². The third kappa shape index (κ3) is 4.35. The highest BCUT2D eigenvalue weighted by Crippen LogP contribution is 2.34. The fraction of sp³-hybridized carbons (Fsp3) is 0.556. The second kappa shape index (κ2) is 8.16. The molecule has 2 aliphatic heterocycles. The van der Waals surface area contributed by atoms with Gasteiger partial charge in [-0.1, -0.05) is 0 Å². The van der Waals surface area contributed by atoms with Crippen LogP contribution < -0.4 is 4.74 Å². The molecular formula is C18H20F3NO5. The number of amides is 1. The second-order valence-electron chi connectivity index (χ2n) is 6.72. The Bertz CT molecular complexity index is 706. The van der Waals surface area contributed by atoms with E-state index < -0.39 is 36.0 Å². The first-order valence-corrected chi connectivity index (χ1v) is 8.75. The molecule has 0 spiro atoms. The highest BCUT2D eigenvalue weighted by Gasteiger charge is 2.41. The maximum Gasteiger partial charge on any atom is 0.387 e. The number of carbonyl (C=O) groups is 2. The molecule has 6 nitrogen and oxygen atoms in total. The summed E-state index contributed by atoms with van der Waals surface area (Å²) in [6.07, 6.45) is 1.20. The highest BCUT2D eigenvalue weighted by molar-refractivity contribution is 5.97. The van der Waals surface area contributed by atoms with Crippen LogP contribution in [0.4, 0.5) is 13.2 Å². The number of carboxylic acids is 1. The molecule has 0 bridgehead atoms. The van der Waals surface area contributed by atoms with Crippen molar-refractivity contribution in [2.24, 2.45) is 11.8 Å². The molecule has 0 aliphatic carbocycles. The lowest BCUT2D eigenvalue weighted by Gasteiger charge is -2.35. The molecule has 1 amide bonds. The summed E-state index contributed by atoms with van der Waals surface area (Å²) in [4.78, 5) is 25.5. The van der Waals surface area contributed by atoms with Gasteiger partial charge in [-0.05, 0) is 37.3 Å². The van der Waals surface area contributed by atoms with Gasteiger partial charge in [-0.15, -0.1) is 0 Å². The number of carbonyl (C=O) groups excluding carboxylic acids is 1. The Balaban J connectivity index is 1.66. The van der Waals surface area contributed by atoms with E-state index in [-0.39, 0.29) is 17.6 Å². The lowest BCUT2D eigenvalue weighted by atomic mass is 9.84. The Kier molecular flexibility index (Phi) is 5.88. The van der Waals surface area contributed by atoms with Crippen molar-refractivity contribution < 1.29 is 37.3 Å². The molecule has 3 rings (SSSR count). The Hall–Kier alpha value is -2.29. The first kappa shape index (κ1) is 19.5. The smallest absolute Gasteiger partial charge is 0.387 e. The topological polar surface area (TPSA) is 76.1 Å². The minimum absolute atomic E-state index is 0.0163. The van der Waals surface area contributed by atoms with Gasteiger partial charge in [0.25, 0.3) is 5.91 Å². The summed E-state index contributed by atoms with van der Waals surface area (Å²) in [5, 5.41) is 9.28. The van der Waals surface area contributed by atoms with E-state index in [1.165, 1.54) is 4.90 Å². The van der Waals surface area contributed by atoms with Gasteiger partial charge in [0.05, 0.1) is 17.6 Å². The summed E-state index contributed by atoms with van der Waals surface area (Å²) in [5.41, 5.74) is -0.129. The van der Waals surface area contributed by atoms with Crippen molar-refractivity contribution in [3.63, 3.8) is 0 Å². The van der Waals surface area contributed by atoms with Crippen molar-refractivity contribution in [1.29, 1.82) is 0 Å². The van der Waals surface area contributed by atoms with Gasteiger partial charge in [0.2, 0.25) is 0 Å². The predicted octanol–water partition coefficient (Wildman–Crippen LogP) is 2.77. The molecule has 0 aromatic heterocycles. The number of ether oxygens (including phenoxy) is 2. The van der Waals surface area contributed by atoms with Gasteiger partial charge in [-0.25, -0.2) is 4.39 Å². The molecular weight excluding hydrogens is 367 g/mol. The molecule has 9 heteroatoms. The zero-order chi connectivity index (χ0) is 19.6. The van der Waals surface area contributed by atoms with E-state index in [1.54, 1.807) is 0 Å². The number of halogens is 3. The third-order valence-electron chi connectivity index (χ3n) is 5.13. The van der Waals surface area contributed by atoms with Crippen LogP contribution >= 0.6 is 0 Å². The van der Waals surface area contributed by atoms with Gasteiger partial charge in [-0.2, -0.15) is 8.78 Å². The van der Waals surface area contributed by atoms with Crippen LogP contribution in [0.25, 0.3) is 0 Å². The molecule has 0 saturated carbocycles. The number of rotatable bonds is 5. The van der Waals surface area contributed by atoms with Crippen LogP contribution in [-0.2, 0) is 9.53 Å². The van der Waals surface area contributed by atoms with Crippen molar-refractivity contribution in [3.8, 4) is 5.75 Å². The van der Waals surface area contributed by atoms with Gasteiger partial charge < -0.3 is 19.5 Å². The average molecular weight is 387 g/mol. The number of aliphatic carboxylic acids is 1. The number of hydrogen-bond acceptors (Lipinski definition) is 4. The van der Waals surface area contributed by atoms with E-state index in [1.807, 2.05) is 0 Å². The quantitative estimate of drug-likeness (QED) is 0.841. The van der Waals surface area contributed by atoms with E-state index in [4.69, 9.17) is 4.74 Å². The van der Waals surface area contributed by atoms with Crippen molar-refractivity contribution >= 4 is 11.9 Å². The second-order valence-corrected chi connectivity index (χ2v) is 6.72. The summed E-state index contributed by atoms with van der Waals surface area (Å²) < 4.78 is 48.3. The predicted molar refractivity (Wildman–Crippen MR) is 87.1 cm³/mol. The van der Waals surface area contributed by atoms with Crippen molar-refractivity contribution in [2.75, 3.05) is 19.7 Å². The van der Waals surface area contributed by atoms with Crippen LogP contribution in [0.1, 0.15) is 29.6 Å². The highest BCUT2D eigenvalue weighted by atomic mass is 19.3. The molecule has 2 aliphatic rings. The Morgan fingerprint density at radius 1 is 1.22 bits per heavy atom. The molecule has 2 atom stereocenters. The van der Waals surface area contributed by atoms with E-state index in [0.29, 0.717) is 39.0 Å². The van der Waals surface area contributed by atoms with Crippen LogP contribution in [0.2, 0.25) is 0 Å². The normalized spacial score (nSPS) is 23.6. The number of alkyl halides is 2. The molecule has 27 heavy (non-hydrogen) atoms. The van der Waals surface area contributed by atoms with Crippen LogP contribution in [-0.4, -0.2) is 54.3 Å². The van der Waals surface area contributed by atoms with Crippen LogP contribution in [0.5, 0.6) is 5.75 Å². The van der Waals surface area contributed by atoms with E-state index in [9.17, 15) is 27.9 Å². The SMILES string of the molecule is O=C(O)C1CCO[C@H]1C1CCN(C(=O)c2ccc(F)cc2OC(F)F)CC1. The van der Waals surface area contributed by atoms with Gasteiger partial charge in [0.1, 0.15) is 11.6 Å². The summed E-state index contributed by atoms with van der Waals surface area (Å²) in [6, 6.07) is 2.90. The summed E-state index contributed by atoms with van der Waals surface area (Å²) in [7, 11) is 0. The minimum atomic E-state index is -3.17. The maximum absolute atomic E-state index is 13.3. The molecule has 2 saturated heterocycles. The summed E-state index contributed by atoms with van der Waals surface area (Å²) in [5.74, 6) is -3.20. The van der Waals surface area contributed by atoms with Crippen molar-refractivity contribution in [1.82, 2.24) is 4.90 Å². The third-order valence-corrected chi connectivity index (χ3v) is 5.13. The standard InChI is InChI=1S/C18H20F3NO5/c19-11-1-2-12(14(9-11)27-18(20)21)16(23)22-6-3-10(4-7-22)15-13(17(24)25)5-8-26-15/h1-2,9-10,13,15,18H,3-8H2,(H,24,25)/t13?,15-/m0/s1. The van der Waals surface area contributed by atoms with Gasteiger partial charge >= 0.3 is 12.6 Å². The molecule has 2 heterocycles. The van der Waals surface area contributed by atoms with Gasteiger partial charge in [0, 0.05) is 25.8 Å². The molecule has 1 unspecified atom stereocenters. The van der Waals surface area contributed by atoms with E-state index >= 15 is 0 Å². The van der Waals surface area contributed by atoms with Crippen LogP contribution in [0.3, 0.4) is 0 Å². The zero-order valence-electron chi connectivity index (χ0n) is 14.4. The summed E-state index contributed by atoms with van der Waals surface area (Å²) >= 11 is 0. The number of carboxylic acid groups (broad SMARTS) is 1. The van der Waals surface area contributed by atoms with Gasteiger partial charge in [-0.3, -0.25) is 9.59 Å². The number of benzene rings is 1. The first-order valence-electron chi connectivity index (χ1n) is 8.75. The zero-order valence-corrected chi connectivity index (χ0v) is 14.4. The number of likely N-dealkylation sites (tertiary alicyclic amines) is 1. The minimum Gasteiger partial charge on any atom is -0.481 e. The first-order chi connectivity index (χ1) is 12.9. The van der Waals surface area contributed by atoms with Crippen molar-refractivity contribution in [2.45, 2.75) is 32.0 Å². The van der Waals surface area contributed by atoms with Crippen LogP contribution in [0.15, 0.2) is 18.2 Å².